The van der Waals surface area contributed by atoms with Gasteiger partial charge in [0.1, 0.15) is 5.82 Å². The molecule has 0 radical (unpaired) electrons. The van der Waals surface area contributed by atoms with Gasteiger partial charge in [0.2, 0.25) is 5.95 Å². The predicted octanol–water partition coefficient (Wildman–Crippen LogP) is 4.56. The van der Waals surface area contributed by atoms with Gasteiger partial charge >= 0.3 is 0 Å². The van der Waals surface area contributed by atoms with Crippen LogP contribution in [0, 0.1) is 6.92 Å². The van der Waals surface area contributed by atoms with Gasteiger partial charge in [0, 0.05) is 49.0 Å². The van der Waals surface area contributed by atoms with E-state index in [0.717, 1.165) is 37.0 Å². The lowest BCUT2D eigenvalue weighted by Crippen LogP contribution is -2.20. The number of nitrogens with zero attached hydrogens (tertiary/aromatic N) is 3. The van der Waals surface area contributed by atoms with Gasteiger partial charge in [-0.05, 0) is 30.5 Å². The normalized spacial score (nSPS) is 10.9. The summed E-state index contributed by atoms with van der Waals surface area (Å²) < 4.78 is 0. The average Bonchev–Trinajstić information content (AvgIpc) is 3.12. The van der Waals surface area contributed by atoms with Crippen molar-refractivity contribution in [1.29, 1.82) is 0 Å². The second-order valence-corrected chi connectivity index (χ2v) is 7.07. The Morgan fingerprint density at radius 3 is 2.64 bits per heavy atom. The van der Waals surface area contributed by atoms with Gasteiger partial charge in [-0.2, -0.15) is 4.98 Å². The summed E-state index contributed by atoms with van der Waals surface area (Å²) in [4.78, 5) is 14.7. The number of aromatic amines is 1. The zero-order valence-corrected chi connectivity index (χ0v) is 16.3. The van der Waals surface area contributed by atoms with Crippen LogP contribution in [0.15, 0.2) is 66.9 Å². The number of benzene rings is 2. The number of H-pyrrole nitrogens is 1. The number of fused-ring (bicyclic) bond motifs is 1. The molecular formula is C23H25N5. The van der Waals surface area contributed by atoms with E-state index >= 15 is 0 Å². The van der Waals surface area contributed by atoms with Gasteiger partial charge in [-0.1, -0.05) is 48.5 Å². The van der Waals surface area contributed by atoms with Crippen molar-refractivity contribution >= 4 is 22.7 Å². The molecule has 2 heterocycles. The third kappa shape index (κ3) is 4.14. The van der Waals surface area contributed by atoms with E-state index in [4.69, 9.17) is 4.98 Å². The predicted molar refractivity (Wildman–Crippen MR) is 116 cm³/mol. The van der Waals surface area contributed by atoms with Gasteiger partial charge in [-0.15, -0.1) is 0 Å². The fourth-order valence-corrected chi connectivity index (χ4v) is 3.41. The molecule has 5 heteroatoms. The third-order valence-corrected chi connectivity index (χ3v) is 4.82. The second kappa shape index (κ2) is 8.13. The lowest BCUT2D eigenvalue weighted by Gasteiger charge is -2.18. The molecule has 0 fully saturated rings. The molecule has 142 valence electrons. The fourth-order valence-electron chi connectivity index (χ4n) is 3.41. The standard InChI is InChI=1S/C23H25N5/c1-17-14-22(24-13-12-19-15-25-21-11-7-6-10-20(19)21)27-23(26-17)28(2)16-18-8-4-3-5-9-18/h3-11,14-15,25H,12-13,16H2,1-2H3,(H,24,26,27). The Hall–Kier alpha value is -3.34. The first kappa shape index (κ1) is 18.0. The smallest absolute Gasteiger partial charge is 0.227 e. The van der Waals surface area contributed by atoms with Crippen LogP contribution < -0.4 is 10.2 Å². The number of aryl methyl sites for hydroxylation is 1. The van der Waals surface area contributed by atoms with Crippen molar-refractivity contribution in [3.8, 4) is 0 Å². The monoisotopic (exact) mass is 371 g/mol. The molecule has 2 N–H and O–H groups in total. The summed E-state index contributed by atoms with van der Waals surface area (Å²) in [6.45, 7) is 3.60. The SMILES string of the molecule is Cc1cc(NCCc2c[nH]c3ccccc23)nc(N(C)Cc2ccccc2)n1. The van der Waals surface area contributed by atoms with Crippen LogP contribution >= 0.6 is 0 Å². The van der Waals surface area contributed by atoms with Crippen LogP contribution in [-0.2, 0) is 13.0 Å². The average molecular weight is 371 g/mol. The van der Waals surface area contributed by atoms with E-state index in [0.29, 0.717) is 0 Å². The fraction of sp³-hybridized carbons (Fsp3) is 0.217. The minimum Gasteiger partial charge on any atom is -0.370 e. The van der Waals surface area contributed by atoms with Crippen LogP contribution in [0.2, 0.25) is 0 Å². The molecule has 0 unspecified atom stereocenters. The van der Waals surface area contributed by atoms with Crippen LogP contribution in [0.3, 0.4) is 0 Å². The van der Waals surface area contributed by atoms with Crippen molar-refractivity contribution in [3.05, 3.63) is 83.7 Å². The van der Waals surface area contributed by atoms with Gasteiger partial charge in [-0.3, -0.25) is 0 Å². The Kier molecular flexibility index (Phi) is 5.24. The van der Waals surface area contributed by atoms with E-state index < -0.39 is 0 Å². The van der Waals surface area contributed by atoms with Gasteiger partial charge < -0.3 is 15.2 Å². The number of para-hydroxylation sites is 1. The van der Waals surface area contributed by atoms with Crippen molar-refractivity contribution in [3.63, 3.8) is 0 Å². The van der Waals surface area contributed by atoms with Crippen molar-refractivity contribution < 1.29 is 0 Å². The zero-order valence-electron chi connectivity index (χ0n) is 16.3. The maximum absolute atomic E-state index is 4.71. The second-order valence-electron chi connectivity index (χ2n) is 7.07. The van der Waals surface area contributed by atoms with Gasteiger partial charge in [0.05, 0.1) is 0 Å². The highest BCUT2D eigenvalue weighted by Gasteiger charge is 2.09. The molecule has 0 aliphatic carbocycles. The highest BCUT2D eigenvalue weighted by molar-refractivity contribution is 5.83. The van der Waals surface area contributed by atoms with Gasteiger partial charge in [-0.25, -0.2) is 4.98 Å². The first-order valence-electron chi connectivity index (χ1n) is 9.58. The molecular weight excluding hydrogens is 346 g/mol. The largest absolute Gasteiger partial charge is 0.370 e. The van der Waals surface area contributed by atoms with E-state index in [1.54, 1.807) is 0 Å². The molecule has 0 saturated carbocycles. The number of rotatable bonds is 7. The summed E-state index contributed by atoms with van der Waals surface area (Å²) >= 11 is 0. The molecule has 28 heavy (non-hydrogen) atoms. The number of nitrogens with one attached hydrogen (secondary N) is 2. The van der Waals surface area contributed by atoms with E-state index in [1.165, 1.54) is 22.0 Å². The molecule has 0 amide bonds. The maximum Gasteiger partial charge on any atom is 0.227 e. The Morgan fingerprint density at radius 1 is 1.00 bits per heavy atom. The Morgan fingerprint density at radius 2 is 1.79 bits per heavy atom. The Bertz CT molecular complexity index is 1050. The molecule has 0 bridgehead atoms. The van der Waals surface area contributed by atoms with Crippen LogP contribution in [-0.4, -0.2) is 28.5 Å². The summed E-state index contributed by atoms with van der Waals surface area (Å²) in [7, 11) is 2.03. The highest BCUT2D eigenvalue weighted by Crippen LogP contribution is 2.19. The molecule has 0 spiro atoms. The Balaban J connectivity index is 1.42. The van der Waals surface area contributed by atoms with Crippen LogP contribution in [0.5, 0.6) is 0 Å². The summed E-state index contributed by atoms with van der Waals surface area (Å²) in [5, 5.41) is 4.74. The quantitative estimate of drug-likeness (QED) is 0.500. The van der Waals surface area contributed by atoms with Crippen LogP contribution in [0.4, 0.5) is 11.8 Å². The van der Waals surface area contributed by atoms with E-state index in [-0.39, 0.29) is 0 Å². The minimum atomic E-state index is 0.735. The number of aromatic nitrogens is 3. The molecule has 0 saturated heterocycles. The van der Waals surface area contributed by atoms with Crippen molar-refractivity contribution in [2.75, 3.05) is 23.8 Å². The van der Waals surface area contributed by atoms with E-state index in [2.05, 4.69) is 74.9 Å². The lowest BCUT2D eigenvalue weighted by molar-refractivity contribution is 0.858. The molecule has 2 aromatic heterocycles. The van der Waals surface area contributed by atoms with Crippen LogP contribution in [0.1, 0.15) is 16.8 Å². The summed E-state index contributed by atoms with van der Waals surface area (Å²) in [6, 6.07) is 20.8. The van der Waals surface area contributed by atoms with E-state index in [9.17, 15) is 0 Å². The molecule has 4 aromatic rings. The molecule has 0 aliphatic rings. The van der Waals surface area contributed by atoms with Crippen molar-refractivity contribution in [2.45, 2.75) is 19.9 Å². The molecule has 0 atom stereocenters. The molecule has 4 rings (SSSR count). The first-order chi connectivity index (χ1) is 13.7. The number of anilines is 2. The molecule has 2 aromatic carbocycles. The first-order valence-corrected chi connectivity index (χ1v) is 9.58. The number of hydrogen-bond donors (Lipinski definition) is 2. The minimum absolute atomic E-state index is 0.735. The summed E-state index contributed by atoms with van der Waals surface area (Å²) in [5.74, 6) is 1.60. The topological polar surface area (TPSA) is 56.8 Å². The van der Waals surface area contributed by atoms with E-state index in [1.807, 2.05) is 26.1 Å². The number of hydrogen-bond acceptors (Lipinski definition) is 4. The zero-order chi connectivity index (χ0) is 19.3. The summed E-state index contributed by atoms with van der Waals surface area (Å²) in [5.41, 5.74) is 4.69. The van der Waals surface area contributed by atoms with Gasteiger partial charge in [0.25, 0.3) is 0 Å². The van der Waals surface area contributed by atoms with Crippen molar-refractivity contribution in [2.24, 2.45) is 0 Å². The van der Waals surface area contributed by atoms with Gasteiger partial charge in [0.15, 0.2) is 0 Å². The third-order valence-electron chi connectivity index (χ3n) is 4.82. The molecule has 0 aliphatic heterocycles. The highest BCUT2D eigenvalue weighted by atomic mass is 15.2. The summed E-state index contributed by atoms with van der Waals surface area (Å²) in [6.07, 6.45) is 3.03. The Labute approximate surface area is 165 Å². The molecule has 5 nitrogen and oxygen atoms in total. The van der Waals surface area contributed by atoms with Crippen LogP contribution in [0.25, 0.3) is 10.9 Å². The van der Waals surface area contributed by atoms with Crippen molar-refractivity contribution in [1.82, 2.24) is 15.0 Å². The lowest BCUT2D eigenvalue weighted by atomic mass is 10.1. The maximum atomic E-state index is 4.71.